The molecule has 2 aliphatic heterocycles. The third-order valence-electron chi connectivity index (χ3n) is 4.41. The summed E-state index contributed by atoms with van der Waals surface area (Å²) in [5.41, 5.74) is 2.01. The normalized spacial score (nSPS) is 24.7. The minimum atomic E-state index is 0.0145. The molecule has 1 spiro atoms. The first-order valence-corrected chi connectivity index (χ1v) is 7.93. The Balaban J connectivity index is 1.67. The van der Waals surface area contributed by atoms with Crippen LogP contribution in [0.1, 0.15) is 50.4 Å². The molecular weight excluding hydrogens is 266 g/mol. The van der Waals surface area contributed by atoms with Gasteiger partial charge in [-0.15, -0.1) is 0 Å². The number of nitrogens with one attached hydrogen (secondary N) is 1. The van der Waals surface area contributed by atoms with Gasteiger partial charge in [0.25, 0.3) is 0 Å². The van der Waals surface area contributed by atoms with Crippen LogP contribution < -0.4 is 10.1 Å². The molecule has 116 valence electrons. The van der Waals surface area contributed by atoms with Gasteiger partial charge in [-0.3, -0.25) is 0 Å². The zero-order valence-corrected chi connectivity index (χ0v) is 13.2. The highest BCUT2D eigenvalue weighted by Crippen LogP contribution is 2.35. The van der Waals surface area contributed by atoms with Crippen LogP contribution in [0.2, 0.25) is 0 Å². The molecule has 2 aliphatic rings. The summed E-state index contributed by atoms with van der Waals surface area (Å²) in [4.78, 5) is 8.94. The van der Waals surface area contributed by atoms with Crippen molar-refractivity contribution in [3.05, 3.63) is 17.5 Å². The number of hydrogen-bond donors (Lipinski definition) is 1. The molecule has 21 heavy (non-hydrogen) atoms. The predicted molar refractivity (Wildman–Crippen MR) is 80.7 cm³/mol. The molecule has 0 radical (unpaired) electrons. The van der Waals surface area contributed by atoms with Crippen molar-refractivity contribution in [1.29, 1.82) is 0 Å². The molecule has 1 N–H and O–H groups in total. The zero-order valence-electron chi connectivity index (χ0n) is 13.2. The molecule has 0 aliphatic carbocycles. The Labute approximate surface area is 126 Å². The molecule has 3 rings (SSSR count). The maximum Gasteiger partial charge on any atom is 0.317 e. The van der Waals surface area contributed by atoms with Crippen LogP contribution in [0.15, 0.2) is 6.07 Å². The average molecular weight is 291 g/mol. The Morgan fingerprint density at radius 2 is 2.10 bits per heavy atom. The van der Waals surface area contributed by atoms with Gasteiger partial charge in [0.15, 0.2) is 0 Å². The molecule has 2 saturated heterocycles. The maximum atomic E-state index is 6.05. The predicted octanol–water partition coefficient (Wildman–Crippen LogP) is 2.20. The van der Waals surface area contributed by atoms with Gasteiger partial charge >= 0.3 is 6.01 Å². The van der Waals surface area contributed by atoms with Gasteiger partial charge in [0, 0.05) is 12.1 Å². The van der Waals surface area contributed by atoms with Crippen LogP contribution in [0.4, 0.5) is 0 Å². The van der Waals surface area contributed by atoms with Crippen LogP contribution in [0.3, 0.4) is 0 Å². The molecule has 5 nitrogen and oxygen atoms in total. The van der Waals surface area contributed by atoms with E-state index < -0.39 is 0 Å². The van der Waals surface area contributed by atoms with Crippen LogP contribution in [-0.4, -0.2) is 41.4 Å². The fourth-order valence-electron chi connectivity index (χ4n) is 3.17. The summed E-state index contributed by atoms with van der Waals surface area (Å²) in [5, 5.41) is 3.38. The summed E-state index contributed by atoms with van der Waals surface area (Å²) in [6.07, 6.45) is 3.16. The Hall–Kier alpha value is -1.20. The minimum Gasteiger partial charge on any atom is -0.458 e. The van der Waals surface area contributed by atoms with E-state index in [2.05, 4.69) is 29.1 Å². The van der Waals surface area contributed by atoms with Gasteiger partial charge in [-0.25, -0.2) is 4.98 Å². The van der Waals surface area contributed by atoms with Crippen LogP contribution in [-0.2, 0) is 4.74 Å². The first kappa shape index (κ1) is 14.7. The van der Waals surface area contributed by atoms with Crippen molar-refractivity contribution in [2.45, 2.75) is 57.7 Å². The average Bonchev–Trinajstić information content (AvgIpc) is 2.81. The molecule has 5 heteroatoms. The highest BCUT2D eigenvalue weighted by Gasteiger charge is 2.42. The zero-order chi connectivity index (χ0) is 14.9. The van der Waals surface area contributed by atoms with Gasteiger partial charge in [-0.2, -0.15) is 4.98 Å². The van der Waals surface area contributed by atoms with E-state index >= 15 is 0 Å². The number of ether oxygens (including phenoxy) is 2. The second-order valence-corrected chi connectivity index (χ2v) is 6.56. The lowest BCUT2D eigenvalue weighted by molar-refractivity contribution is -0.0206. The van der Waals surface area contributed by atoms with Crippen molar-refractivity contribution in [3.63, 3.8) is 0 Å². The van der Waals surface area contributed by atoms with Crippen LogP contribution in [0.5, 0.6) is 6.01 Å². The summed E-state index contributed by atoms with van der Waals surface area (Å²) in [7, 11) is 0. The van der Waals surface area contributed by atoms with Gasteiger partial charge in [-0.05, 0) is 44.8 Å². The fraction of sp³-hybridized carbons (Fsp3) is 0.750. The van der Waals surface area contributed by atoms with Crippen LogP contribution >= 0.6 is 0 Å². The van der Waals surface area contributed by atoms with Gasteiger partial charge in [0.1, 0.15) is 6.10 Å². The monoisotopic (exact) mass is 291 g/mol. The summed E-state index contributed by atoms with van der Waals surface area (Å²) in [6.45, 7) is 8.97. The number of aryl methyl sites for hydroxylation is 1. The van der Waals surface area contributed by atoms with E-state index in [1.165, 1.54) is 0 Å². The van der Waals surface area contributed by atoms with Crippen molar-refractivity contribution in [1.82, 2.24) is 15.3 Å². The second kappa shape index (κ2) is 5.89. The summed E-state index contributed by atoms with van der Waals surface area (Å²) >= 11 is 0. The molecule has 1 aromatic heterocycles. The lowest BCUT2D eigenvalue weighted by atomic mass is 9.89. The molecule has 0 bridgehead atoms. The molecule has 1 unspecified atom stereocenters. The second-order valence-electron chi connectivity index (χ2n) is 6.56. The number of aromatic nitrogens is 2. The lowest BCUT2D eigenvalue weighted by Gasteiger charge is -2.32. The highest BCUT2D eigenvalue weighted by molar-refractivity contribution is 5.15. The molecule has 1 aromatic rings. The van der Waals surface area contributed by atoms with E-state index in [0.29, 0.717) is 18.5 Å². The first-order valence-electron chi connectivity index (χ1n) is 7.93. The van der Waals surface area contributed by atoms with E-state index in [-0.39, 0.29) is 11.7 Å². The standard InChI is InChI=1S/C16H25N3O2/c1-11(2)14-8-12(3)18-15(19-14)21-13-9-16(20-10-13)4-6-17-7-5-16/h8,11,13,17H,4-7,9-10H2,1-3H3. The smallest absolute Gasteiger partial charge is 0.317 e. The van der Waals surface area contributed by atoms with Crippen LogP contribution in [0, 0.1) is 6.92 Å². The van der Waals surface area contributed by atoms with Gasteiger partial charge in [-0.1, -0.05) is 13.8 Å². The van der Waals surface area contributed by atoms with E-state index in [9.17, 15) is 0 Å². The van der Waals surface area contributed by atoms with Crippen molar-refractivity contribution >= 4 is 0 Å². The third kappa shape index (κ3) is 3.35. The molecule has 0 aromatic carbocycles. The number of nitrogens with zero attached hydrogens (tertiary/aromatic N) is 2. The van der Waals surface area contributed by atoms with Crippen LogP contribution in [0.25, 0.3) is 0 Å². The number of piperidine rings is 1. The Morgan fingerprint density at radius 3 is 2.81 bits per heavy atom. The molecule has 0 saturated carbocycles. The van der Waals surface area contributed by atoms with Gasteiger partial charge in [0.2, 0.25) is 0 Å². The van der Waals surface area contributed by atoms with E-state index in [0.717, 1.165) is 43.7 Å². The number of rotatable bonds is 3. The molecule has 0 amide bonds. The highest BCUT2D eigenvalue weighted by atomic mass is 16.6. The van der Waals surface area contributed by atoms with Crippen molar-refractivity contribution in [2.75, 3.05) is 19.7 Å². The minimum absolute atomic E-state index is 0.0145. The van der Waals surface area contributed by atoms with Crippen molar-refractivity contribution < 1.29 is 9.47 Å². The quantitative estimate of drug-likeness (QED) is 0.925. The van der Waals surface area contributed by atoms with Gasteiger partial charge in [0.05, 0.1) is 17.9 Å². The Kier molecular flexibility index (Phi) is 4.13. The summed E-state index contributed by atoms with van der Waals surface area (Å²) < 4.78 is 12.1. The Bertz CT molecular complexity index is 498. The maximum absolute atomic E-state index is 6.05. The van der Waals surface area contributed by atoms with Gasteiger partial charge < -0.3 is 14.8 Å². The van der Waals surface area contributed by atoms with Crippen molar-refractivity contribution in [2.24, 2.45) is 0 Å². The van der Waals surface area contributed by atoms with E-state index in [4.69, 9.17) is 9.47 Å². The largest absolute Gasteiger partial charge is 0.458 e. The summed E-state index contributed by atoms with van der Waals surface area (Å²) in [5.74, 6) is 0.379. The SMILES string of the molecule is Cc1cc(C(C)C)nc(OC2COC3(CCNCC3)C2)n1. The fourth-order valence-corrected chi connectivity index (χ4v) is 3.17. The molecule has 2 fully saturated rings. The lowest BCUT2D eigenvalue weighted by Crippen LogP contribution is -2.41. The Morgan fingerprint density at radius 1 is 1.33 bits per heavy atom. The van der Waals surface area contributed by atoms with E-state index in [1.54, 1.807) is 0 Å². The molecular formula is C16H25N3O2. The summed E-state index contributed by atoms with van der Waals surface area (Å²) in [6, 6.07) is 2.52. The first-order chi connectivity index (χ1) is 10.1. The molecule has 1 atom stereocenters. The third-order valence-corrected chi connectivity index (χ3v) is 4.41. The van der Waals surface area contributed by atoms with Crippen molar-refractivity contribution in [3.8, 4) is 6.01 Å². The number of hydrogen-bond acceptors (Lipinski definition) is 5. The van der Waals surface area contributed by atoms with E-state index in [1.807, 2.05) is 13.0 Å². The topological polar surface area (TPSA) is 56.3 Å². The molecule has 3 heterocycles.